The van der Waals surface area contributed by atoms with E-state index < -0.39 is 28.1 Å². The molecule has 1 heterocycles. The van der Waals surface area contributed by atoms with Crippen LogP contribution in [-0.4, -0.2) is 33.2 Å². The first-order chi connectivity index (χ1) is 11.1. The summed E-state index contributed by atoms with van der Waals surface area (Å²) in [5.41, 5.74) is -1.12. The van der Waals surface area contributed by atoms with E-state index in [0.717, 1.165) is 6.20 Å². The first-order valence-corrected chi connectivity index (χ1v) is 7.58. The Morgan fingerprint density at radius 1 is 1.50 bits per heavy atom. The number of benzene rings is 1. The normalized spacial score (nSPS) is 11.3. The van der Waals surface area contributed by atoms with Crippen molar-refractivity contribution in [3.8, 4) is 0 Å². The first-order valence-electron chi connectivity index (χ1n) is 6.78. The Morgan fingerprint density at radius 2 is 2.17 bits per heavy atom. The van der Waals surface area contributed by atoms with Crippen molar-refractivity contribution in [1.29, 1.82) is 0 Å². The van der Waals surface area contributed by atoms with Crippen LogP contribution < -0.4 is 10.6 Å². The van der Waals surface area contributed by atoms with E-state index in [1.165, 1.54) is 12.1 Å². The molecule has 10 heteroatoms. The van der Waals surface area contributed by atoms with Crippen molar-refractivity contribution in [2.24, 2.45) is 0 Å². The van der Waals surface area contributed by atoms with E-state index in [1.54, 1.807) is 13.8 Å². The van der Waals surface area contributed by atoms with E-state index in [1.807, 2.05) is 0 Å². The number of carbonyl (C=O) groups is 1. The highest BCUT2D eigenvalue weighted by Gasteiger charge is 2.27. The lowest BCUT2D eigenvalue weighted by Crippen LogP contribution is -2.43. The number of aromatic nitrogens is 1. The summed E-state index contributed by atoms with van der Waals surface area (Å²) in [7, 11) is 0. The summed E-state index contributed by atoms with van der Waals surface area (Å²) in [4.78, 5) is 25.2. The molecule has 1 aromatic heterocycles. The van der Waals surface area contributed by atoms with Gasteiger partial charge in [-0.25, -0.2) is 14.2 Å². The Hall–Kier alpha value is -2.49. The number of nitro groups is 1. The van der Waals surface area contributed by atoms with Gasteiger partial charge in [-0.05, 0) is 41.9 Å². The fourth-order valence-corrected chi connectivity index (χ4v) is 2.48. The molecule has 3 N–H and O–H groups in total. The molecular formula is C14H14BrFN4O4. The largest absolute Gasteiger partial charge is 0.465 e. The highest BCUT2D eigenvalue weighted by atomic mass is 79.9. The lowest BCUT2D eigenvalue weighted by molar-refractivity contribution is -0.384. The van der Waals surface area contributed by atoms with E-state index in [0.29, 0.717) is 0 Å². The van der Waals surface area contributed by atoms with Gasteiger partial charge in [0.1, 0.15) is 17.7 Å². The van der Waals surface area contributed by atoms with Crippen LogP contribution in [0.3, 0.4) is 0 Å². The van der Waals surface area contributed by atoms with Gasteiger partial charge in [0.15, 0.2) is 0 Å². The van der Waals surface area contributed by atoms with Gasteiger partial charge in [0.2, 0.25) is 0 Å². The molecule has 0 spiro atoms. The minimum atomic E-state index is -1.23. The second-order valence-electron chi connectivity index (χ2n) is 5.70. The zero-order chi connectivity index (χ0) is 18.1. The van der Waals surface area contributed by atoms with Gasteiger partial charge in [-0.3, -0.25) is 10.1 Å². The van der Waals surface area contributed by atoms with Crippen molar-refractivity contribution in [2.45, 2.75) is 19.4 Å². The molecule has 0 unspecified atom stereocenters. The molecule has 0 atom stereocenters. The number of amides is 1. The molecule has 1 amide bonds. The second kappa shape index (κ2) is 6.56. The quantitative estimate of drug-likeness (QED) is 0.522. The van der Waals surface area contributed by atoms with Crippen LogP contribution in [0.4, 0.5) is 20.6 Å². The summed E-state index contributed by atoms with van der Waals surface area (Å²) in [6.45, 7) is 3.22. The van der Waals surface area contributed by atoms with Gasteiger partial charge in [0.25, 0.3) is 0 Å². The summed E-state index contributed by atoms with van der Waals surface area (Å²) in [5.74, 6) is -0.687. The van der Waals surface area contributed by atoms with Crippen LogP contribution >= 0.6 is 15.9 Å². The van der Waals surface area contributed by atoms with Crippen LogP contribution in [0.5, 0.6) is 0 Å². The number of nitrogens with one attached hydrogen (secondary N) is 2. The van der Waals surface area contributed by atoms with Crippen LogP contribution in [0.25, 0.3) is 10.9 Å². The Bertz CT molecular complexity index is 828. The van der Waals surface area contributed by atoms with Gasteiger partial charge in [-0.15, -0.1) is 0 Å². The van der Waals surface area contributed by atoms with Gasteiger partial charge in [-0.2, -0.15) is 0 Å². The smallest absolute Gasteiger partial charge is 0.404 e. The van der Waals surface area contributed by atoms with E-state index >= 15 is 0 Å². The number of halogens is 2. The molecule has 0 saturated carbocycles. The molecule has 8 nitrogen and oxygen atoms in total. The zero-order valence-electron chi connectivity index (χ0n) is 12.8. The summed E-state index contributed by atoms with van der Waals surface area (Å²) in [5, 5.41) is 25.0. The number of anilines is 1. The fraction of sp³-hybridized carbons (Fsp3) is 0.286. The van der Waals surface area contributed by atoms with E-state index in [2.05, 4.69) is 31.5 Å². The molecule has 0 bridgehead atoms. The molecule has 24 heavy (non-hydrogen) atoms. The first kappa shape index (κ1) is 17.9. The summed E-state index contributed by atoms with van der Waals surface area (Å²) >= 11 is 3.05. The molecule has 128 valence electrons. The molecule has 0 aliphatic heterocycles. The SMILES string of the molecule is CC(C)(CNC(=O)O)Nc1c([N+](=O)[O-])cnc2ccc(Br)c(F)c12. The highest BCUT2D eigenvalue weighted by molar-refractivity contribution is 9.10. The Morgan fingerprint density at radius 3 is 2.75 bits per heavy atom. The molecule has 0 aliphatic carbocycles. The van der Waals surface area contributed by atoms with Crippen molar-refractivity contribution in [3.63, 3.8) is 0 Å². The van der Waals surface area contributed by atoms with Crippen molar-refractivity contribution < 1.29 is 19.2 Å². The Labute approximate surface area is 144 Å². The topological polar surface area (TPSA) is 117 Å². The third-order valence-corrected chi connectivity index (χ3v) is 3.86. The van der Waals surface area contributed by atoms with Gasteiger partial charge in [-0.1, -0.05) is 0 Å². The summed E-state index contributed by atoms with van der Waals surface area (Å²) in [6.07, 6.45) is -0.188. The number of hydrogen-bond acceptors (Lipinski definition) is 5. The van der Waals surface area contributed by atoms with Crippen molar-refractivity contribution in [1.82, 2.24) is 10.3 Å². The third-order valence-electron chi connectivity index (χ3n) is 3.25. The maximum Gasteiger partial charge on any atom is 0.404 e. The number of nitrogens with zero attached hydrogens (tertiary/aromatic N) is 2. The van der Waals surface area contributed by atoms with Crippen LogP contribution in [-0.2, 0) is 0 Å². The van der Waals surface area contributed by atoms with E-state index in [-0.39, 0.29) is 27.6 Å². The fourth-order valence-electron chi connectivity index (χ4n) is 2.15. The van der Waals surface area contributed by atoms with E-state index in [4.69, 9.17) is 5.11 Å². The molecule has 1 aromatic carbocycles. The lowest BCUT2D eigenvalue weighted by atomic mass is 10.0. The average molecular weight is 401 g/mol. The van der Waals surface area contributed by atoms with E-state index in [9.17, 15) is 19.3 Å². The molecular weight excluding hydrogens is 387 g/mol. The minimum absolute atomic E-state index is 0.0398. The summed E-state index contributed by atoms with van der Waals surface area (Å²) in [6, 6.07) is 2.98. The lowest BCUT2D eigenvalue weighted by Gasteiger charge is -2.27. The maximum atomic E-state index is 14.5. The van der Waals surface area contributed by atoms with Crippen LogP contribution in [0, 0.1) is 15.9 Å². The minimum Gasteiger partial charge on any atom is -0.465 e. The van der Waals surface area contributed by atoms with Gasteiger partial charge in [0, 0.05) is 12.1 Å². The van der Waals surface area contributed by atoms with Gasteiger partial charge in [0.05, 0.1) is 20.3 Å². The van der Waals surface area contributed by atoms with Crippen molar-refractivity contribution >= 4 is 44.3 Å². The predicted molar refractivity (Wildman–Crippen MR) is 89.8 cm³/mol. The van der Waals surface area contributed by atoms with Crippen LogP contribution in [0.2, 0.25) is 0 Å². The monoisotopic (exact) mass is 400 g/mol. The number of fused-ring (bicyclic) bond motifs is 1. The molecule has 0 saturated heterocycles. The standard InChI is InChI=1S/C14H14BrFN4O4/c1-14(2,6-18-13(21)22)19-12-9(20(23)24)5-17-8-4-3-7(15)11(16)10(8)12/h3-5,18H,6H2,1-2H3,(H,17,19)(H,21,22). The Balaban J connectivity index is 2.61. The third kappa shape index (κ3) is 3.70. The highest BCUT2D eigenvalue weighted by Crippen LogP contribution is 2.37. The van der Waals surface area contributed by atoms with Crippen molar-refractivity contribution in [2.75, 3.05) is 11.9 Å². The van der Waals surface area contributed by atoms with Crippen LogP contribution in [0.1, 0.15) is 13.8 Å². The van der Waals surface area contributed by atoms with Gasteiger partial charge >= 0.3 is 11.8 Å². The molecule has 0 aliphatic rings. The second-order valence-corrected chi connectivity index (χ2v) is 6.55. The molecule has 2 aromatic rings. The molecule has 0 radical (unpaired) electrons. The zero-order valence-corrected chi connectivity index (χ0v) is 14.3. The number of pyridine rings is 1. The molecule has 2 rings (SSSR count). The average Bonchev–Trinajstić information content (AvgIpc) is 2.48. The van der Waals surface area contributed by atoms with Crippen molar-refractivity contribution in [3.05, 3.63) is 38.7 Å². The maximum absolute atomic E-state index is 14.5. The predicted octanol–water partition coefficient (Wildman–Crippen LogP) is 3.50. The van der Waals surface area contributed by atoms with Gasteiger partial charge < -0.3 is 15.7 Å². The molecule has 0 fully saturated rings. The Kier molecular flexibility index (Phi) is 4.88. The summed E-state index contributed by atoms with van der Waals surface area (Å²) < 4.78 is 14.7. The number of hydrogen-bond donors (Lipinski definition) is 3. The number of carboxylic acid groups (broad SMARTS) is 1. The number of rotatable bonds is 5. The van der Waals surface area contributed by atoms with Crippen LogP contribution in [0.15, 0.2) is 22.8 Å².